The number of rotatable bonds is 2. The first-order chi connectivity index (χ1) is 12.9. The second-order valence-corrected chi connectivity index (χ2v) is 5.88. The van der Waals surface area contributed by atoms with Crippen LogP contribution in [0.3, 0.4) is 0 Å². The molecular formula is C20H17F3Ir2N4-4. The maximum atomic E-state index is 13.2. The predicted molar refractivity (Wildman–Crippen MR) is 97.8 cm³/mol. The molecule has 160 valence electrons. The number of anilines is 2. The summed E-state index contributed by atoms with van der Waals surface area (Å²) in [6, 6.07) is 11.8. The van der Waals surface area contributed by atoms with Crippen LogP contribution in [0.1, 0.15) is 0 Å². The van der Waals surface area contributed by atoms with E-state index in [0.717, 1.165) is 17.8 Å². The van der Waals surface area contributed by atoms with Crippen LogP contribution in [0, 0.1) is 42.9 Å². The van der Waals surface area contributed by atoms with Gasteiger partial charge in [0.1, 0.15) is 0 Å². The summed E-state index contributed by atoms with van der Waals surface area (Å²) in [5, 5.41) is 0. The standard InChI is InChI=1S/C10H8F2N2.C10H9FN2.2Ir/c1-13-4-5-14(7-13)10-3-2-8(11)6-9(10)12;1-12-6-7-13(8-12)10-4-2-9(11)3-5-10;;/h2,4-7H,1H3;2-4,6-8H,1H3;;/q2*-2;;. The summed E-state index contributed by atoms with van der Waals surface area (Å²) < 4.78 is 38.4. The van der Waals surface area contributed by atoms with Gasteiger partial charge in [-0.05, 0) is 38.9 Å². The number of hydrogen-bond donors (Lipinski definition) is 0. The Bertz CT molecular complexity index is 846. The van der Waals surface area contributed by atoms with Crippen molar-refractivity contribution in [2.45, 2.75) is 0 Å². The molecule has 0 unspecified atom stereocenters. The van der Waals surface area contributed by atoms with Crippen LogP contribution in [0.5, 0.6) is 0 Å². The Labute approximate surface area is 196 Å². The first-order valence-electron chi connectivity index (χ1n) is 8.03. The van der Waals surface area contributed by atoms with Crippen LogP contribution in [0.15, 0.2) is 55.1 Å². The van der Waals surface area contributed by atoms with Gasteiger partial charge in [-0.1, -0.05) is 5.69 Å². The largest absolute Gasteiger partial charge is 0.510 e. The molecule has 0 saturated carbocycles. The van der Waals surface area contributed by atoms with Gasteiger partial charge in [-0.25, -0.2) is 0 Å². The Kier molecular flexibility index (Phi) is 9.93. The van der Waals surface area contributed by atoms with Gasteiger partial charge in [0.2, 0.25) is 0 Å². The SMILES string of the molecule is CN1C=CN(c2[c-]cc(F)cc2)[CH-]1.CN1C=CN(c2[c-]cc(F)cc2F)[CH-]1.[Ir].[Ir]. The van der Waals surface area contributed by atoms with Crippen LogP contribution >= 0.6 is 0 Å². The van der Waals surface area contributed by atoms with Crippen molar-refractivity contribution >= 4 is 11.4 Å². The zero-order chi connectivity index (χ0) is 19.4. The Morgan fingerprint density at radius 3 is 1.83 bits per heavy atom. The van der Waals surface area contributed by atoms with Gasteiger partial charge < -0.3 is 19.6 Å². The van der Waals surface area contributed by atoms with E-state index in [0.29, 0.717) is 0 Å². The van der Waals surface area contributed by atoms with Crippen LogP contribution in [0.25, 0.3) is 0 Å². The van der Waals surface area contributed by atoms with Gasteiger partial charge in [-0.15, -0.1) is 36.0 Å². The van der Waals surface area contributed by atoms with Crippen molar-refractivity contribution in [2.75, 3.05) is 23.9 Å². The molecule has 0 spiro atoms. The van der Waals surface area contributed by atoms with Crippen molar-refractivity contribution in [3.63, 3.8) is 0 Å². The third kappa shape index (κ3) is 6.89. The topological polar surface area (TPSA) is 13.0 Å². The summed E-state index contributed by atoms with van der Waals surface area (Å²) in [6.45, 7) is 3.57. The Hall–Kier alpha value is -1.79. The third-order valence-corrected chi connectivity index (χ3v) is 3.67. The fourth-order valence-electron chi connectivity index (χ4n) is 2.37. The molecule has 9 heteroatoms. The van der Waals surface area contributed by atoms with Crippen molar-refractivity contribution in [3.05, 3.63) is 98.1 Å². The van der Waals surface area contributed by atoms with Gasteiger partial charge in [0.15, 0.2) is 0 Å². The van der Waals surface area contributed by atoms with E-state index in [9.17, 15) is 13.2 Å². The number of halogens is 3. The van der Waals surface area contributed by atoms with E-state index < -0.39 is 11.6 Å². The average molecular weight is 755 g/mol. The molecule has 4 rings (SSSR count). The van der Waals surface area contributed by atoms with Gasteiger partial charge in [-0.3, -0.25) is 13.2 Å². The summed E-state index contributed by atoms with van der Waals surface area (Å²) in [6.07, 6.45) is 7.24. The predicted octanol–water partition coefficient (Wildman–Crippen LogP) is 4.07. The maximum absolute atomic E-state index is 13.2. The Morgan fingerprint density at radius 1 is 0.759 bits per heavy atom. The molecule has 0 saturated heterocycles. The normalized spacial score (nSPS) is 14.4. The number of benzene rings is 2. The smallest absolute Gasteiger partial charge is 0.0316 e. The van der Waals surface area contributed by atoms with E-state index in [-0.39, 0.29) is 51.7 Å². The first kappa shape index (κ1) is 25.2. The van der Waals surface area contributed by atoms with Crippen LogP contribution in [-0.4, -0.2) is 23.9 Å². The van der Waals surface area contributed by atoms with Crippen LogP contribution in [-0.2, 0) is 40.2 Å². The van der Waals surface area contributed by atoms with Crippen LogP contribution in [0.4, 0.5) is 24.5 Å². The van der Waals surface area contributed by atoms with E-state index in [4.69, 9.17) is 0 Å². The van der Waals surface area contributed by atoms with E-state index in [1.54, 1.807) is 30.0 Å². The van der Waals surface area contributed by atoms with Crippen LogP contribution < -0.4 is 9.80 Å². The van der Waals surface area contributed by atoms with Gasteiger partial charge in [-0.2, -0.15) is 25.5 Å². The van der Waals surface area contributed by atoms with Crippen molar-refractivity contribution in [2.24, 2.45) is 0 Å². The van der Waals surface area contributed by atoms with Crippen molar-refractivity contribution in [1.29, 1.82) is 0 Å². The van der Waals surface area contributed by atoms with Crippen molar-refractivity contribution in [3.8, 4) is 0 Å². The molecule has 2 radical (unpaired) electrons. The van der Waals surface area contributed by atoms with E-state index >= 15 is 0 Å². The minimum absolute atomic E-state index is 0. The van der Waals surface area contributed by atoms with Gasteiger partial charge in [0, 0.05) is 57.7 Å². The molecule has 0 fully saturated rings. The molecular weight excluding hydrogens is 738 g/mol. The minimum Gasteiger partial charge on any atom is -0.510 e. The zero-order valence-electron chi connectivity index (χ0n) is 15.4. The number of nitrogens with zero attached hydrogens (tertiary/aromatic N) is 4. The number of hydrogen-bond acceptors (Lipinski definition) is 4. The maximum Gasteiger partial charge on any atom is 0.0316 e. The van der Waals surface area contributed by atoms with E-state index in [2.05, 4.69) is 12.1 Å². The molecule has 29 heavy (non-hydrogen) atoms. The monoisotopic (exact) mass is 756 g/mol. The quantitative estimate of drug-likeness (QED) is 0.430. The molecule has 0 bridgehead atoms. The van der Waals surface area contributed by atoms with E-state index in [1.807, 2.05) is 43.0 Å². The molecule has 0 aromatic heterocycles. The molecule has 0 atom stereocenters. The Morgan fingerprint density at radius 2 is 1.34 bits per heavy atom. The molecule has 2 aromatic rings. The van der Waals surface area contributed by atoms with Gasteiger partial charge in [0.25, 0.3) is 0 Å². The van der Waals surface area contributed by atoms with Crippen molar-refractivity contribution < 1.29 is 53.4 Å². The molecule has 2 aromatic carbocycles. The summed E-state index contributed by atoms with van der Waals surface area (Å²) >= 11 is 0. The summed E-state index contributed by atoms with van der Waals surface area (Å²) in [5.74, 6) is -1.51. The molecule has 0 amide bonds. The average Bonchev–Trinajstić information content (AvgIpc) is 3.25. The molecule has 2 aliphatic heterocycles. The summed E-state index contributed by atoms with van der Waals surface area (Å²) in [7, 11) is 3.75. The zero-order valence-corrected chi connectivity index (χ0v) is 20.2. The first-order valence-corrected chi connectivity index (χ1v) is 8.03. The second-order valence-electron chi connectivity index (χ2n) is 5.88. The van der Waals surface area contributed by atoms with Crippen molar-refractivity contribution in [1.82, 2.24) is 9.80 Å². The summed E-state index contributed by atoms with van der Waals surface area (Å²) in [5.41, 5.74) is 1.05. The third-order valence-electron chi connectivity index (χ3n) is 3.67. The second kappa shape index (κ2) is 11.4. The molecule has 0 N–H and O–H groups in total. The fourth-order valence-corrected chi connectivity index (χ4v) is 2.37. The molecule has 2 heterocycles. The molecule has 2 aliphatic rings. The van der Waals surface area contributed by atoms with Crippen LogP contribution in [0.2, 0.25) is 0 Å². The Balaban J connectivity index is 0.000000272. The fraction of sp³-hybridized carbons (Fsp3) is 0.100. The minimum atomic E-state index is -0.624. The molecule has 0 aliphatic carbocycles. The van der Waals surface area contributed by atoms with E-state index in [1.165, 1.54) is 17.0 Å². The van der Waals surface area contributed by atoms with Gasteiger partial charge in [0.05, 0.1) is 0 Å². The van der Waals surface area contributed by atoms with Gasteiger partial charge >= 0.3 is 0 Å². The molecule has 4 nitrogen and oxygen atoms in total. The summed E-state index contributed by atoms with van der Waals surface area (Å²) in [4.78, 5) is 7.09.